The van der Waals surface area contributed by atoms with Crippen LogP contribution in [0.25, 0.3) is 0 Å². The van der Waals surface area contributed by atoms with Crippen LogP contribution < -0.4 is 15.5 Å². The van der Waals surface area contributed by atoms with Crippen molar-refractivity contribution >= 4 is 22.0 Å². The Morgan fingerprint density at radius 1 is 1.31 bits per heavy atom. The van der Waals surface area contributed by atoms with Gasteiger partial charge in [0.05, 0.1) is 12.0 Å². The molecular weight excluding hydrogens is 362 g/mol. The molecule has 0 atom stereocenters. The molecule has 10 heteroatoms. The molecule has 0 saturated carbocycles. The van der Waals surface area contributed by atoms with Crippen molar-refractivity contribution in [2.24, 2.45) is 5.14 Å². The number of rotatable bonds is 4. The first-order valence-electron chi connectivity index (χ1n) is 7.36. The third kappa shape index (κ3) is 7.36. The largest absolute Gasteiger partial charge is 0.465 e. The zero-order chi connectivity index (χ0) is 19.9. The summed E-state index contributed by atoms with van der Waals surface area (Å²) in [5.74, 6) is 0. The fourth-order valence-electron chi connectivity index (χ4n) is 1.86. The Morgan fingerprint density at radius 2 is 1.92 bits per heavy atom. The second-order valence-corrected chi connectivity index (χ2v) is 6.86. The Morgan fingerprint density at radius 3 is 2.42 bits per heavy atom. The molecule has 4 N–H and O–H groups in total. The normalized spacial score (nSPS) is 10.5. The van der Waals surface area contributed by atoms with Crippen molar-refractivity contribution in [3.8, 4) is 0 Å². The molecule has 9 nitrogen and oxygen atoms in total. The van der Waals surface area contributed by atoms with Crippen LogP contribution >= 0.6 is 0 Å². The van der Waals surface area contributed by atoms with Gasteiger partial charge < -0.3 is 14.4 Å². The third-order valence-electron chi connectivity index (χ3n) is 3.17. The molecule has 0 aliphatic heterocycles. The van der Waals surface area contributed by atoms with Gasteiger partial charge in [0.2, 0.25) is 0 Å². The van der Waals surface area contributed by atoms with Crippen LogP contribution in [0.15, 0.2) is 45.8 Å². The van der Waals surface area contributed by atoms with Gasteiger partial charge in [-0.15, -0.1) is 0 Å². The number of nitrogens with two attached hydrogens (primary N) is 1. The lowest BCUT2D eigenvalue weighted by atomic mass is 10.0. The van der Waals surface area contributed by atoms with E-state index in [0.717, 1.165) is 16.0 Å². The van der Waals surface area contributed by atoms with Crippen LogP contribution in [0, 0.1) is 6.92 Å². The molecule has 26 heavy (non-hydrogen) atoms. The quantitative estimate of drug-likeness (QED) is 0.728. The molecule has 0 saturated heterocycles. The highest BCUT2D eigenvalue weighted by molar-refractivity contribution is 7.90. The Kier molecular flexibility index (Phi) is 7.35. The molecule has 0 aliphatic rings. The van der Waals surface area contributed by atoms with Gasteiger partial charge in [-0.05, 0) is 36.2 Å². The van der Waals surface area contributed by atoms with E-state index >= 15 is 0 Å². The average molecular weight is 383 g/mol. The molecule has 2 rings (SSSR count). The van der Waals surface area contributed by atoms with Crippen molar-refractivity contribution in [1.29, 1.82) is 0 Å². The minimum atomic E-state index is -3.81. The maximum atomic E-state index is 11.7. The van der Waals surface area contributed by atoms with E-state index in [1.165, 1.54) is 20.4 Å². The van der Waals surface area contributed by atoms with Gasteiger partial charge in [-0.3, -0.25) is 4.72 Å². The number of aryl methyl sites for hydroxylation is 1. The first-order chi connectivity index (χ1) is 12.0. The summed E-state index contributed by atoms with van der Waals surface area (Å²) < 4.78 is 29.0. The molecule has 1 heterocycles. The topological polar surface area (TPSA) is 143 Å². The molecule has 1 aromatic carbocycles. The molecule has 142 valence electrons. The van der Waals surface area contributed by atoms with Crippen LogP contribution in [0.5, 0.6) is 0 Å². The Balaban J connectivity index is 0.000000487. The van der Waals surface area contributed by atoms with Gasteiger partial charge in [0.15, 0.2) is 0 Å². The molecule has 1 aromatic heterocycles. The van der Waals surface area contributed by atoms with Gasteiger partial charge >= 0.3 is 11.7 Å². The molecule has 0 fully saturated rings. The molecule has 0 aliphatic carbocycles. The van der Waals surface area contributed by atoms with Crippen LogP contribution in [-0.2, 0) is 16.6 Å². The number of hydrogen-bond acceptors (Lipinski definition) is 5. The summed E-state index contributed by atoms with van der Waals surface area (Å²) in [6.07, 6.45) is 0.796. The van der Waals surface area contributed by atoms with Crippen LogP contribution in [0.1, 0.15) is 16.7 Å². The van der Waals surface area contributed by atoms with Crippen LogP contribution in [-0.4, -0.2) is 38.6 Å². The third-order valence-corrected chi connectivity index (χ3v) is 3.69. The van der Waals surface area contributed by atoms with E-state index < -0.39 is 21.9 Å². The number of benzene rings is 1. The van der Waals surface area contributed by atoms with E-state index in [9.17, 15) is 18.0 Å². The highest BCUT2D eigenvalue weighted by Gasteiger charge is 2.08. The number of carboxylic acid groups (broad SMARTS) is 1. The number of anilines is 1. The standard InChI is InChI=1S/C13H14N2O4S.C3H7NO2/c1-9-5-6-19-13(16)12(9)8-10-3-2-4-11(7-10)15-20(14,17)18;1-4(2)3(5)6/h2-7,15H,8H2,1H3,(H2,14,17,18);1-2H3,(H,5,6). The molecule has 0 radical (unpaired) electrons. The molecule has 0 spiro atoms. The van der Waals surface area contributed by atoms with Crippen molar-refractivity contribution < 1.29 is 22.7 Å². The Labute approximate surface area is 151 Å². The van der Waals surface area contributed by atoms with Crippen molar-refractivity contribution in [2.75, 3.05) is 18.8 Å². The SMILES string of the molecule is CN(C)C(=O)O.Cc1ccoc(=O)c1Cc1cccc(NS(N)(=O)=O)c1. The number of nitrogens with zero attached hydrogens (tertiary/aromatic N) is 1. The van der Waals surface area contributed by atoms with Crippen molar-refractivity contribution in [2.45, 2.75) is 13.3 Å². The number of carbonyl (C=O) groups is 1. The molecule has 0 unspecified atom stereocenters. The first-order valence-corrected chi connectivity index (χ1v) is 8.91. The predicted octanol–water partition coefficient (Wildman–Crippen LogP) is 1.38. The summed E-state index contributed by atoms with van der Waals surface area (Å²) in [5, 5.41) is 12.8. The maximum Gasteiger partial charge on any atom is 0.406 e. The monoisotopic (exact) mass is 383 g/mol. The summed E-state index contributed by atoms with van der Waals surface area (Å²) in [5.41, 5.74) is 2.10. The summed E-state index contributed by atoms with van der Waals surface area (Å²) in [7, 11) is -0.864. The summed E-state index contributed by atoms with van der Waals surface area (Å²) in [6, 6.07) is 8.39. The predicted molar refractivity (Wildman–Crippen MR) is 97.4 cm³/mol. The van der Waals surface area contributed by atoms with Gasteiger partial charge in [-0.1, -0.05) is 12.1 Å². The van der Waals surface area contributed by atoms with Gasteiger partial charge in [-0.2, -0.15) is 8.42 Å². The lowest BCUT2D eigenvalue weighted by Crippen LogP contribution is -2.21. The second-order valence-electron chi connectivity index (χ2n) is 5.57. The highest BCUT2D eigenvalue weighted by atomic mass is 32.2. The van der Waals surface area contributed by atoms with E-state index in [1.807, 2.05) is 6.92 Å². The Hall–Kier alpha value is -2.85. The van der Waals surface area contributed by atoms with Gasteiger partial charge in [0.1, 0.15) is 0 Å². The zero-order valence-electron chi connectivity index (χ0n) is 14.6. The van der Waals surface area contributed by atoms with Crippen LogP contribution in [0.4, 0.5) is 10.5 Å². The maximum absolute atomic E-state index is 11.7. The first kappa shape index (κ1) is 21.2. The minimum absolute atomic E-state index is 0.350. The summed E-state index contributed by atoms with van der Waals surface area (Å²) in [4.78, 5) is 22.4. The van der Waals surface area contributed by atoms with Gasteiger partial charge in [0, 0.05) is 26.1 Å². The average Bonchev–Trinajstić information content (AvgIpc) is 2.50. The number of nitrogens with one attached hydrogen (secondary N) is 1. The molecule has 0 bridgehead atoms. The fourth-order valence-corrected chi connectivity index (χ4v) is 2.31. The van der Waals surface area contributed by atoms with E-state index in [1.54, 1.807) is 30.3 Å². The Bertz CT molecular complexity index is 922. The number of amides is 1. The van der Waals surface area contributed by atoms with Crippen molar-refractivity contribution in [3.05, 3.63) is 63.7 Å². The smallest absolute Gasteiger partial charge is 0.406 e. The minimum Gasteiger partial charge on any atom is -0.465 e. The molecule has 1 amide bonds. The van der Waals surface area contributed by atoms with Gasteiger partial charge in [0.25, 0.3) is 10.2 Å². The molecular formula is C16H21N3O6S. The fraction of sp³-hybridized carbons (Fsp3) is 0.250. The van der Waals surface area contributed by atoms with Crippen molar-refractivity contribution in [3.63, 3.8) is 0 Å². The lowest BCUT2D eigenvalue weighted by Gasteiger charge is -2.07. The van der Waals surface area contributed by atoms with Crippen LogP contribution in [0.3, 0.4) is 0 Å². The second kappa shape index (κ2) is 9.02. The van der Waals surface area contributed by atoms with E-state index in [4.69, 9.17) is 14.7 Å². The highest BCUT2D eigenvalue weighted by Crippen LogP contribution is 2.15. The molecule has 2 aromatic rings. The van der Waals surface area contributed by atoms with E-state index in [-0.39, 0.29) is 0 Å². The summed E-state index contributed by atoms with van der Waals surface area (Å²) in [6.45, 7) is 1.82. The van der Waals surface area contributed by atoms with E-state index in [0.29, 0.717) is 17.7 Å². The zero-order valence-corrected chi connectivity index (χ0v) is 15.4. The summed E-state index contributed by atoms with van der Waals surface area (Å²) >= 11 is 0. The van der Waals surface area contributed by atoms with Crippen molar-refractivity contribution in [1.82, 2.24) is 4.90 Å². The number of hydrogen-bond donors (Lipinski definition) is 3. The van der Waals surface area contributed by atoms with Gasteiger partial charge in [-0.25, -0.2) is 14.7 Å². The lowest BCUT2D eigenvalue weighted by molar-refractivity contribution is 0.165. The van der Waals surface area contributed by atoms with Crippen LogP contribution in [0.2, 0.25) is 0 Å². The van der Waals surface area contributed by atoms with E-state index in [2.05, 4.69) is 4.72 Å².